The predicted molar refractivity (Wildman–Crippen MR) is 68.2 cm³/mol. The van der Waals surface area contributed by atoms with Gasteiger partial charge in [-0.05, 0) is 23.8 Å². The number of cyclic esters (lactones) is 1. The van der Waals surface area contributed by atoms with Crippen LogP contribution in [0.25, 0.3) is 0 Å². The molecule has 1 atom stereocenters. The van der Waals surface area contributed by atoms with Crippen LogP contribution in [0.3, 0.4) is 0 Å². The Morgan fingerprint density at radius 2 is 2.25 bits per heavy atom. The fourth-order valence-corrected chi connectivity index (χ4v) is 2.17. The minimum atomic E-state index is -0.387. The molecule has 1 aromatic carbocycles. The highest BCUT2D eigenvalue weighted by molar-refractivity contribution is 9.10. The SMILES string of the molecule is Cl.O=C1N[C@@H](c2cc(Br)ccc2Cl)CCO1. The zero-order chi connectivity index (χ0) is 10.8. The summed E-state index contributed by atoms with van der Waals surface area (Å²) in [5.41, 5.74) is 0.919. The third-order valence-electron chi connectivity index (χ3n) is 2.27. The van der Waals surface area contributed by atoms with Gasteiger partial charge in [-0.25, -0.2) is 4.79 Å². The zero-order valence-electron chi connectivity index (χ0n) is 8.20. The van der Waals surface area contributed by atoms with E-state index in [2.05, 4.69) is 21.2 Å². The molecule has 88 valence electrons. The highest BCUT2D eigenvalue weighted by Crippen LogP contribution is 2.29. The van der Waals surface area contributed by atoms with Gasteiger partial charge in [0.15, 0.2) is 0 Å². The van der Waals surface area contributed by atoms with E-state index in [1.165, 1.54) is 0 Å². The Bertz CT molecular complexity index is 400. The molecule has 2 rings (SSSR count). The molecule has 0 radical (unpaired) electrons. The van der Waals surface area contributed by atoms with Gasteiger partial charge < -0.3 is 10.1 Å². The van der Waals surface area contributed by atoms with Crippen LogP contribution in [0.15, 0.2) is 22.7 Å². The lowest BCUT2D eigenvalue weighted by Gasteiger charge is -2.24. The molecular formula is C10H10BrCl2NO2. The van der Waals surface area contributed by atoms with Gasteiger partial charge in [0, 0.05) is 15.9 Å². The topological polar surface area (TPSA) is 38.3 Å². The summed E-state index contributed by atoms with van der Waals surface area (Å²) in [6, 6.07) is 5.53. The molecule has 0 aliphatic carbocycles. The molecule has 0 spiro atoms. The molecule has 1 aliphatic heterocycles. The van der Waals surface area contributed by atoms with E-state index >= 15 is 0 Å². The van der Waals surface area contributed by atoms with Gasteiger partial charge in [-0.1, -0.05) is 27.5 Å². The molecule has 6 heteroatoms. The van der Waals surface area contributed by atoms with Crippen LogP contribution in [0.4, 0.5) is 4.79 Å². The molecule has 0 bridgehead atoms. The van der Waals surface area contributed by atoms with Gasteiger partial charge in [-0.3, -0.25) is 0 Å². The summed E-state index contributed by atoms with van der Waals surface area (Å²) in [4.78, 5) is 11.1. The van der Waals surface area contributed by atoms with Crippen molar-refractivity contribution in [2.24, 2.45) is 0 Å². The fourth-order valence-electron chi connectivity index (χ4n) is 1.54. The van der Waals surface area contributed by atoms with Crippen LogP contribution in [0.1, 0.15) is 18.0 Å². The Kier molecular flexibility index (Phi) is 4.89. The molecular weight excluding hydrogens is 317 g/mol. The second kappa shape index (κ2) is 5.75. The van der Waals surface area contributed by atoms with E-state index < -0.39 is 0 Å². The molecule has 1 aliphatic rings. The number of nitrogens with one attached hydrogen (secondary N) is 1. The lowest BCUT2D eigenvalue weighted by molar-refractivity contribution is 0.115. The van der Waals surface area contributed by atoms with Gasteiger partial charge in [0.2, 0.25) is 0 Å². The van der Waals surface area contributed by atoms with Crippen molar-refractivity contribution >= 4 is 46.0 Å². The maximum atomic E-state index is 11.1. The Balaban J connectivity index is 0.00000128. The van der Waals surface area contributed by atoms with E-state index in [1.54, 1.807) is 0 Å². The lowest BCUT2D eigenvalue weighted by Crippen LogP contribution is -2.35. The average molecular weight is 327 g/mol. The third-order valence-corrected chi connectivity index (χ3v) is 3.10. The lowest BCUT2D eigenvalue weighted by atomic mass is 10.0. The van der Waals surface area contributed by atoms with E-state index in [0.717, 1.165) is 16.5 Å². The Labute approximate surface area is 113 Å². The quantitative estimate of drug-likeness (QED) is 0.854. The predicted octanol–water partition coefficient (Wildman–Crippen LogP) is 3.70. The van der Waals surface area contributed by atoms with Crippen LogP contribution in [-0.4, -0.2) is 12.7 Å². The first-order valence-electron chi connectivity index (χ1n) is 4.55. The molecule has 1 aromatic rings. The third kappa shape index (κ3) is 3.03. The van der Waals surface area contributed by atoms with Crippen LogP contribution in [-0.2, 0) is 4.74 Å². The number of rotatable bonds is 1. The number of hydrogen-bond donors (Lipinski definition) is 1. The molecule has 1 fully saturated rings. The molecule has 3 nitrogen and oxygen atoms in total. The molecule has 0 saturated carbocycles. The summed E-state index contributed by atoms with van der Waals surface area (Å²) in [6.07, 6.45) is 0.351. The standard InChI is InChI=1S/C10H9BrClNO2.ClH/c11-6-1-2-8(12)7(5-6)9-3-4-15-10(14)13-9;/h1-2,5,9H,3-4H2,(H,13,14);1H/t9-;/m1./s1. The number of carbonyl (C=O) groups is 1. The minimum absolute atomic E-state index is 0. The highest BCUT2D eigenvalue weighted by Gasteiger charge is 2.22. The Morgan fingerprint density at radius 3 is 2.94 bits per heavy atom. The number of ether oxygens (including phenoxy) is 1. The number of benzene rings is 1. The summed E-state index contributed by atoms with van der Waals surface area (Å²) in [7, 11) is 0. The fraction of sp³-hybridized carbons (Fsp3) is 0.300. The number of carbonyl (C=O) groups excluding carboxylic acids is 1. The number of halogens is 3. The highest BCUT2D eigenvalue weighted by atomic mass is 79.9. The van der Waals surface area contributed by atoms with Gasteiger partial charge in [0.25, 0.3) is 0 Å². The van der Waals surface area contributed by atoms with E-state index in [0.29, 0.717) is 11.6 Å². The largest absolute Gasteiger partial charge is 0.449 e. The summed E-state index contributed by atoms with van der Waals surface area (Å²) >= 11 is 9.44. The zero-order valence-corrected chi connectivity index (χ0v) is 11.4. The Hall–Kier alpha value is -0.450. The molecule has 16 heavy (non-hydrogen) atoms. The minimum Gasteiger partial charge on any atom is -0.449 e. The summed E-state index contributed by atoms with van der Waals surface area (Å²) in [6.45, 7) is 0.430. The molecule has 1 amide bonds. The summed E-state index contributed by atoms with van der Waals surface area (Å²) in [5.74, 6) is 0. The van der Waals surface area contributed by atoms with Crippen LogP contribution < -0.4 is 5.32 Å². The second-order valence-electron chi connectivity index (χ2n) is 3.29. The summed E-state index contributed by atoms with van der Waals surface area (Å²) in [5, 5.41) is 3.39. The van der Waals surface area contributed by atoms with Gasteiger partial charge in [0.1, 0.15) is 0 Å². The van der Waals surface area contributed by atoms with E-state index in [-0.39, 0.29) is 24.5 Å². The van der Waals surface area contributed by atoms with Gasteiger partial charge in [0.05, 0.1) is 12.6 Å². The first-order valence-corrected chi connectivity index (χ1v) is 5.72. The van der Waals surface area contributed by atoms with Crippen molar-refractivity contribution in [2.45, 2.75) is 12.5 Å². The number of amides is 1. The summed E-state index contributed by atoms with van der Waals surface area (Å²) < 4.78 is 5.74. The van der Waals surface area contributed by atoms with E-state index in [9.17, 15) is 4.79 Å². The van der Waals surface area contributed by atoms with Crippen molar-refractivity contribution in [2.75, 3.05) is 6.61 Å². The molecule has 0 aromatic heterocycles. The van der Waals surface area contributed by atoms with Crippen molar-refractivity contribution in [1.82, 2.24) is 5.32 Å². The van der Waals surface area contributed by atoms with Crippen molar-refractivity contribution in [3.05, 3.63) is 33.3 Å². The number of alkyl carbamates (subject to hydrolysis) is 1. The molecule has 1 heterocycles. The average Bonchev–Trinajstić information content (AvgIpc) is 2.22. The van der Waals surface area contributed by atoms with Gasteiger partial charge in [-0.15, -0.1) is 12.4 Å². The van der Waals surface area contributed by atoms with Crippen LogP contribution in [0.5, 0.6) is 0 Å². The smallest absolute Gasteiger partial charge is 0.407 e. The van der Waals surface area contributed by atoms with Crippen molar-refractivity contribution in [1.29, 1.82) is 0 Å². The van der Waals surface area contributed by atoms with Crippen molar-refractivity contribution < 1.29 is 9.53 Å². The van der Waals surface area contributed by atoms with Crippen LogP contribution in [0, 0.1) is 0 Å². The Morgan fingerprint density at radius 1 is 1.50 bits per heavy atom. The first-order chi connectivity index (χ1) is 7.16. The second-order valence-corrected chi connectivity index (χ2v) is 4.61. The van der Waals surface area contributed by atoms with E-state index in [4.69, 9.17) is 16.3 Å². The van der Waals surface area contributed by atoms with Crippen LogP contribution >= 0.6 is 39.9 Å². The van der Waals surface area contributed by atoms with E-state index in [1.807, 2.05) is 18.2 Å². The van der Waals surface area contributed by atoms with Crippen LogP contribution in [0.2, 0.25) is 5.02 Å². The normalized spacial score (nSPS) is 19.4. The maximum Gasteiger partial charge on any atom is 0.407 e. The molecule has 1 N–H and O–H groups in total. The van der Waals surface area contributed by atoms with Crippen molar-refractivity contribution in [3.8, 4) is 0 Å². The van der Waals surface area contributed by atoms with Gasteiger partial charge in [-0.2, -0.15) is 0 Å². The molecule has 1 saturated heterocycles. The molecule has 0 unspecified atom stereocenters. The first kappa shape index (κ1) is 13.6. The monoisotopic (exact) mass is 325 g/mol. The number of hydrogen-bond acceptors (Lipinski definition) is 2. The van der Waals surface area contributed by atoms with Crippen molar-refractivity contribution in [3.63, 3.8) is 0 Å². The van der Waals surface area contributed by atoms with Gasteiger partial charge >= 0.3 is 6.09 Å². The maximum absolute atomic E-state index is 11.1.